The van der Waals surface area contributed by atoms with E-state index in [0.29, 0.717) is 5.76 Å². The van der Waals surface area contributed by atoms with E-state index in [1.54, 1.807) is 33.0 Å². The third-order valence-corrected chi connectivity index (χ3v) is 3.76. The number of likely N-dealkylation sites (N-methyl/N-ethyl adjacent to an activating group) is 1. The summed E-state index contributed by atoms with van der Waals surface area (Å²) in [6.45, 7) is 3.70. The Balaban J connectivity index is 2.14. The van der Waals surface area contributed by atoms with E-state index < -0.39 is 29.1 Å². The van der Waals surface area contributed by atoms with Gasteiger partial charge in [0.25, 0.3) is 5.91 Å². The smallest absolute Gasteiger partial charge is 0.257 e. The summed E-state index contributed by atoms with van der Waals surface area (Å²) in [7, 11) is 1.57. The summed E-state index contributed by atoms with van der Waals surface area (Å²) >= 11 is 0. The molecule has 5 nitrogen and oxygen atoms in total. The molecule has 0 aliphatic rings. The average molecular weight is 350 g/mol. The Hall–Kier alpha value is -2.70. The van der Waals surface area contributed by atoms with E-state index in [1.165, 1.54) is 17.2 Å². The highest BCUT2D eigenvalue weighted by atomic mass is 19.1. The van der Waals surface area contributed by atoms with Crippen LogP contribution in [0.5, 0.6) is 0 Å². The second-order valence-electron chi connectivity index (χ2n) is 6.07. The fraction of sp³-hybridized carbons (Fsp3) is 0.333. The number of furan rings is 1. The maximum Gasteiger partial charge on any atom is 0.257 e. The lowest BCUT2D eigenvalue weighted by Gasteiger charge is -2.26. The first kappa shape index (κ1) is 18.6. The third kappa shape index (κ3) is 4.43. The molecule has 1 N–H and O–H groups in total. The SMILES string of the molecule is CC(C)[C@@H](NC(=O)c1c(F)cccc1F)C(=O)N(C)Cc1ccco1. The number of hydrogen-bond donors (Lipinski definition) is 1. The van der Waals surface area contributed by atoms with E-state index in [4.69, 9.17) is 4.42 Å². The van der Waals surface area contributed by atoms with Gasteiger partial charge in [-0.05, 0) is 30.2 Å². The molecule has 1 aromatic carbocycles. The van der Waals surface area contributed by atoms with Crippen molar-refractivity contribution in [3.63, 3.8) is 0 Å². The van der Waals surface area contributed by atoms with E-state index in [0.717, 1.165) is 12.1 Å². The quantitative estimate of drug-likeness (QED) is 0.871. The van der Waals surface area contributed by atoms with E-state index in [2.05, 4.69) is 5.32 Å². The van der Waals surface area contributed by atoms with Crippen molar-refractivity contribution in [3.8, 4) is 0 Å². The lowest BCUT2D eigenvalue weighted by molar-refractivity contribution is -0.133. The second kappa shape index (κ2) is 7.92. The van der Waals surface area contributed by atoms with Crippen LogP contribution in [0.1, 0.15) is 30.0 Å². The normalized spacial score (nSPS) is 12.1. The van der Waals surface area contributed by atoms with Crippen molar-refractivity contribution in [2.75, 3.05) is 7.05 Å². The number of rotatable bonds is 6. The molecule has 0 radical (unpaired) electrons. The molecule has 0 aliphatic heterocycles. The Morgan fingerprint density at radius 3 is 2.32 bits per heavy atom. The third-order valence-electron chi connectivity index (χ3n) is 3.76. The van der Waals surface area contributed by atoms with Crippen molar-refractivity contribution in [3.05, 3.63) is 59.6 Å². The second-order valence-corrected chi connectivity index (χ2v) is 6.07. The maximum absolute atomic E-state index is 13.8. The number of nitrogens with one attached hydrogen (secondary N) is 1. The number of carbonyl (C=O) groups excluding carboxylic acids is 2. The van der Waals surface area contributed by atoms with Crippen LogP contribution in [0.15, 0.2) is 41.0 Å². The van der Waals surface area contributed by atoms with Crippen LogP contribution in [0.3, 0.4) is 0 Å². The molecular weight excluding hydrogens is 330 g/mol. The molecule has 1 aromatic heterocycles. The van der Waals surface area contributed by atoms with Crippen LogP contribution in [0.25, 0.3) is 0 Å². The summed E-state index contributed by atoms with van der Waals surface area (Å²) in [6, 6.07) is 5.66. The molecule has 2 aromatic rings. The van der Waals surface area contributed by atoms with Gasteiger partial charge in [-0.3, -0.25) is 9.59 Å². The monoisotopic (exact) mass is 350 g/mol. The highest BCUT2D eigenvalue weighted by molar-refractivity contribution is 5.98. The minimum Gasteiger partial charge on any atom is -0.467 e. The fourth-order valence-corrected chi connectivity index (χ4v) is 2.39. The maximum atomic E-state index is 13.8. The number of halogens is 2. The zero-order valence-corrected chi connectivity index (χ0v) is 14.3. The summed E-state index contributed by atoms with van der Waals surface area (Å²) < 4.78 is 32.7. The molecule has 1 atom stereocenters. The fourth-order valence-electron chi connectivity index (χ4n) is 2.39. The van der Waals surface area contributed by atoms with Crippen LogP contribution in [0, 0.1) is 17.6 Å². The number of amides is 2. The van der Waals surface area contributed by atoms with Crippen molar-refractivity contribution in [1.29, 1.82) is 0 Å². The van der Waals surface area contributed by atoms with Gasteiger partial charge in [0.1, 0.15) is 29.0 Å². The standard InChI is InChI=1S/C18H20F2N2O3/c1-11(2)16(18(24)22(3)10-12-6-5-9-25-12)21-17(23)15-13(19)7-4-8-14(15)20/h4-9,11,16H,10H2,1-3H3,(H,21,23)/t16-/m1/s1. The number of benzene rings is 1. The summed E-state index contributed by atoms with van der Waals surface area (Å²) in [6.07, 6.45) is 1.50. The van der Waals surface area contributed by atoms with Gasteiger partial charge in [-0.25, -0.2) is 8.78 Å². The molecule has 2 amide bonds. The van der Waals surface area contributed by atoms with Crippen LogP contribution >= 0.6 is 0 Å². The minimum atomic E-state index is -0.976. The van der Waals surface area contributed by atoms with Gasteiger partial charge in [-0.2, -0.15) is 0 Å². The first-order chi connectivity index (χ1) is 11.8. The van der Waals surface area contributed by atoms with Crippen molar-refractivity contribution < 1.29 is 22.8 Å². The predicted molar refractivity (Wildman–Crippen MR) is 87.6 cm³/mol. The van der Waals surface area contributed by atoms with Crippen molar-refractivity contribution in [2.24, 2.45) is 5.92 Å². The predicted octanol–water partition coefficient (Wildman–Crippen LogP) is 2.97. The summed E-state index contributed by atoms with van der Waals surface area (Å²) in [4.78, 5) is 26.3. The summed E-state index contributed by atoms with van der Waals surface area (Å²) in [5.41, 5.74) is -0.699. The molecule has 0 saturated carbocycles. The molecule has 0 unspecified atom stereocenters. The van der Waals surface area contributed by atoms with E-state index in [-0.39, 0.29) is 18.4 Å². The largest absolute Gasteiger partial charge is 0.467 e. The van der Waals surface area contributed by atoms with Gasteiger partial charge in [-0.15, -0.1) is 0 Å². The van der Waals surface area contributed by atoms with E-state index >= 15 is 0 Å². The Kier molecular flexibility index (Phi) is 5.90. The van der Waals surface area contributed by atoms with Crippen molar-refractivity contribution >= 4 is 11.8 Å². The molecule has 134 valence electrons. The zero-order chi connectivity index (χ0) is 18.6. The number of hydrogen-bond acceptors (Lipinski definition) is 3. The Morgan fingerprint density at radius 2 is 1.80 bits per heavy atom. The number of nitrogens with zero attached hydrogens (tertiary/aromatic N) is 1. The van der Waals surface area contributed by atoms with Crippen LogP contribution in [-0.2, 0) is 11.3 Å². The molecule has 0 bridgehead atoms. The first-order valence-electron chi connectivity index (χ1n) is 7.83. The molecule has 0 saturated heterocycles. The Bertz CT molecular complexity index is 725. The highest BCUT2D eigenvalue weighted by Gasteiger charge is 2.29. The Morgan fingerprint density at radius 1 is 1.16 bits per heavy atom. The number of carbonyl (C=O) groups is 2. The summed E-state index contributed by atoms with van der Waals surface area (Å²) in [5.74, 6) is -2.98. The Labute approximate surface area is 144 Å². The van der Waals surface area contributed by atoms with Crippen molar-refractivity contribution in [1.82, 2.24) is 10.2 Å². The van der Waals surface area contributed by atoms with Crippen LogP contribution < -0.4 is 5.32 Å². The molecule has 0 aliphatic carbocycles. The lowest BCUT2D eigenvalue weighted by atomic mass is 10.0. The van der Waals surface area contributed by atoms with Gasteiger partial charge >= 0.3 is 0 Å². The van der Waals surface area contributed by atoms with Crippen LogP contribution in [-0.4, -0.2) is 29.8 Å². The molecule has 0 fully saturated rings. The molecule has 7 heteroatoms. The van der Waals surface area contributed by atoms with Crippen molar-refractivity contribution in [2.45, 2.75) is 26.4 Å². The highest BCUT2D eigenvalue weighted by Crippen LogP contribution is 2.14. The minimum absolute atomic E-state index is 0.221. The average Bonchev–Trinajstić information content (AvgIpc) is 3.04. The summed E-state index contributed by atoms with van der Waals surface area (Å²) in [5, 5.41) is 2.43. The van der Waals surface area contributed by atoms with Gasteiger partial charge in [0.05, 0.1) is 12.8 Å². The molecule has 0 spiro atoms. The molecular formula is C18H20F2N2O3. The first-order valence-corrected chi connectivity index (χ1v) is 7.83. The molecule has 2 rings (SSSR count). The van der Waals surface area contributed by atoms with E-state index in [1.807, 2.05) is 0 Å². The van der Waals surface area contributed by atoms with E-state index in [9.17, 15) is 18.4 Å². The lowest BCUT2D eigenvalue weighted by Crippen LogP contribution is -2.50. The van der Waals surface area contributed by atoms with Gasteiger partial charge in [0.2, 0.25) is 5.91 Å². The van der Waals surface area contributed by atoms with Gasteiger partial charge in [0.15, 0.2) is 0 Å². The van der Waals surface area contributed by atoms with Crippen LogP contribution in [0.4, 0.5) is 8.78 Å². The molecule has 25 heavy (non-hydrogen) atoms. The molecule has 1 heterocycles. The topological polar surface area (TPSA) is 62.6 Å². The zero-order valence-electron chi connectivity index (χ0n) is 14.3. The van der Waals surface area contributed by atoms with Gasteiger partial charge in [-0.1, -0.05) is 19.9 Å². The van der Waals surface area contributed by atoms with Crippen LogP contribution in [0.2, 0.25) is 0 Å². The van der Waals surface area contributed by atoms with Gasteiger partial charge < -0.3 is 14.6 Å². The van der Waals surface area contributed by atoms with Gasteiger partial charge in [0, 0.05) is 7.05 Å².